The van der Waals surface area contributed by atoms with Crippen molar-refractivity contribution in [3.8, 4) is 28.0 Å². The van der Waals surface area contributed by atoms with Gasteiger partial charge in [-0.25, -0.2) is 0 Å². The van der Waals surface area contributed by atoms with Crippen LogP contribution in [0.15, 0.2) is 170 Å². The minimum absolute atomic E-state index is 0.0158. The molecule has 0 aromatic heterocycles. The molecule has 0 aliphatic heterocycles. The number of esters is 2. The van der Waals surface area contributed by atoms with Crippen LogP contribution in [0.4, 0.5) is 0 Å². The van der Waals surface area contributed by atoms with Gasteiger partial charge >= 0.3 is 23.9 Å². The number of ether oxygens (including phenoxy) is 2. The van der Waals surface area contributed by atoms with Crippen LogP contribution in [0.3, 0.4) is 0 Å². The highest BCUT2D eigenvalue weighted by Gasteiger charge is 2.60. The SMILES string of the molecule is O=C(O)C1[C@H](c2ccccc2)C(C(=O)OCC2c3ccccc3-c3c(-c4cccc([C@H]5[C@H](C(=O)O)[C@H](c6ccccc6)[C@H]5C(=O)Oc5ccc(Cl)c(Cl)c5Cl)c4)cccc32)[C@H]1c1ccccc1. The van der Waals surface area contributed by atoms with Gasteiger partial charge in [-0.05, 0) is 67.8 Å². The molecule has 2 saturated carbocycles. The molecule has 1 unspecified atom stereocenters. The Bertz CT molecular complexity index is 3000. The Kier molecular flexibility index (Phi) is 12.0. The van der Waals surface area contributed by atoms with Crippen LogP contribution in [0.25, 0.3) is 22.3 Å². The molecule has 7 aromatic carbocycles. The van der Waals surface area contributed by atoms with Crippen molar-refractivity contribution in [2.24, 2.45) is 23.7 Å². The predicted molar refractivity (Wildman–Crippen MR) is 257 cm³/mol. The molecule has 8 nitrogen and oxygen atoms in total. The molecule has 11 heteroatoms. The molecule has 0 bridgehead atoms. The lowest BCUT2D eigenvalue weighted by Crippen LogP contribution is -2.52. The minimum atomic E-state index is -1.04. The summed E-state index contributed by atoms with van der Waals surface area (Å²) >= 11 is 19.0. The quantitative estimate of drug-likeness (QED) is 0.0704. The Labute approximate surface area is 401 Å². The van der Waals surface area contributed by atoms with E-state index in [4.69, 9.17) is 44.3 Å². The molecular weight excluding hydrogens is 907 g/mol. The molecule has 0 heterocycles. The first kappa shape index (κ1) is 44.1. The summed E-state index contributed by atoms with van der Waals surface area (Å²) in [5.41, 5.74) is 8.42. The summed E-state index contributed by atoms with van der Waals surface area (Å²) in [6.07, 6.45) is 0. The van der Waals surface area contributed by atoms with Gasteiger partial charge in [0.15, 0.2) is 5.75 Å². The molecule has 0 amide bonds. The molecule has 2 fully saturated rings. The number of fused-ring (bicyclic) bond motifs is 3. The molecular formula is C56H41Cl3O8. The lowest BCUT2D eigenvalue weighted by molar-refractivity contribution is -0.164. The summed E-state index contributed by atoms with van der Waals surface area (Å²) in [5, 5.41) is 21.5. The first-order valence-corrected chi connectivity index (χ1v) is 23.1. The number of hydrogen-bond donors (Lipinski definition) is 2. The molecule has 0 radical (unpaired) electrons. The van der Waals surface area contributed by atoms with Crippen LogP contribution in [-0.4, -0.2) is 40.7 Å². The van der Waals surface area contributed by atoms with E-state index < -0.39 is 71.2 Å². The lowest BCUT2D eigenvalue weighted by atomic mass is 9.52. The number of carbonyl (C=O) groups is 4. The zero-order chi connectivity index (χ0) is 46.5. The third-order valence-electron chi connectivity index (χ3n) is 14.0. The van der Waals surface area contributed by atoms with Crippen LogP contribution < -0.4 is 4.74 Å². The van der Waals surface area contributed by atoms with Crippen molar-refractivity contribution in [2.75, 3.05) is 6.61 Å². The van der Waals surface area contributed by atoms with E-state index >= 15 is 0 Å². The summed E-state index contributed by atoms with van der Waals surface area (Å²) in [6.45, 7) is 0.0273. The van der Waals surface area contributed by atoms with Crippen molar-refractivity contribution in [1.82, 2.24) is 0 Å². The van der Waals surface area contributed by atoms with E-state index in [1.807, 2.05) is 158 Å². The average molecular weight is 948 g/mol. The Balaban J connectivity index is 0.982. The first-order valence-electron chi connectivity index (χ1n) is 22.0. The molecule has 7 atom stereocenters. The monoisotopic (exact) mass is 946 g/mol. The second-order valence-electron chi connectivity index (χ2n) is 17.4. The smallest absolute Gasteiger partial charge is 0.315 e. The van der Waals surface area contributed by atoms with E-state index in [1.54, 1.807) is 0 Å². The van der Waals surface area contributed by atoms with Gasteiger partial charge in [-0.2, -0.15) is 0 Å². The maximum atomic E-state index is 14.5. The van der Waals surface area contributed by atoms with Crippen LogP contribution >= 0.6 is 34.8 Å². The standard InChI is InChI=1S/C56H41Cl3O8/c57-40-26-27-41(52(59)51(40)58)67-56(65)50-44(32-18-8-3-9-19-32)48(54(62)63)45(50)34-21-12-20-33(28-34)35-24-13-25-38-39(36-22-10-11-23-37(36)46(35)38)29-66-55(64)49-42(30-14-4-1-5-15-30)47(53(60)61)43(49)31-16-6-2-7-17-31/h1-28,39,42-45,47-50H,29H2,(H,60,61)(H,62,63)/t39?,42-,43-,44-,45-,47?,48+,49?,50+/m0/s1. The van der Waals surface area contributed by atoms with Crippen molar-refractivity contribution < 1.29 is 38.9 Å². The predicted octanol–water partition coefficient (Wildman–Crippen LogP) is 12.7. The Morgan fingerprint density at radius 1 is 0.463 bits per heavy atom. The first-order chi connectivity index (χ1) is 32.5. The number of carboxylic acids is 2. The summed E-state index contributed by atoms with van der Waals surface area (Å²) in [6, 6.07) is 52.3. The molecule has 7 aromatic rings. The van der Waals surface area contributed by atoms with Crippen LogP contribution in [0.1, 0.15) is 63.0 Å². The van der Waals surface area contributed by atoms with Crippen molar-refractivity contribution in [3.63, 3.8) is 0 Å². The van der Waals surface area contributed by atoms with Crippen LogP contribution in [0.5, 0.6) is 5.75 Å². The van der Waals surface area contributed by atoms with Crippen LogP contribution in [0, 0.1) is 23.7 Å². The van der Waals surface area contributed by atoms with Gasteiger partial charge in [-0.15, -0.1) is 0 Å². The van der Waals surface area contributed by atoms with Crippen LogP contribution in [-0.2, 0) is 23.9 Å². The second-order valence-corrected chi connectivity index (χ2v) is 18.5. The van der Waals surface area contributed by atoms with E-state index in [0.717, 1.165) is 44.5 Å². The number of carboxylic acid groups (broad SMARTS) is 2. The molecule has 2 N–H and O–H groups in total. The maximum Gasteiger partial charge on any atom is 0.315 e. The summed E-state index contributed by atoms with van der Waals surface area (Å²) in [5.74, 6) is -9.48. The van der Waals surface area contributed by atoms with E-state index in [2.05, 4.69) is 0 Å². The van der Waals surface area contributed by atoms with Gasteiger partial charge in [0.05, 0.1) is 33.7 Å². The second kappa shape index (κ2) is 18.2. The Morgan fingerprint density at radius 3 is 1.52 bits per heavy atom. The molecule has 334 valence electrons. The number of aliphatic carboxylic acids is 2. The molecule has 0 saturated heterocycles. The number of hydrogen-bond acceptors (Lipinski definition) is 6. The molecule has 3 aliphatic rings. The highest BCUT2D eigenvalue weighted by atomic mass is 35.5. The third kappa shape index (κ3) is 7.77. The van der Waals surface area contributed by atoms with Gasteiger partial charge in [0.2, 0.25) is 0 Å². The van der Waals surface area contributed by atoms with Gasteiger partial charge in [-0.3, -0.25) is 19.2 Å². The topological polar surface area (TPSA) is 127 Å². The number of rotatable bonds is 12. The summed E-state index contributed by atoms with van der Waals surface area (Å²) < 4.78 is 12.2. The van der Waals surface area contributed by atoms with Crippen molar-refractivity contribution in [3.05, 3.63) is 218 Å². The summed E-state index contributed by atoms with van der Waals surface area (Å²) in [7, 11) is 0. The summed E-state index contributed by atoms with van der Waals surface area (Å²) in [4.78, 5) is 54.9. The van der Waals surface area contributed by atoms with E-state index in [1.165, 1.54) is 12.1 Å². The highest BCUT2D eigenvalue weighted by Crippen LogP contribution is 2.60. The number of carbonyl (C=O) groups excluding carboxylic acids is 2. The van der Waals surface area contributed by atoms with E-state index in [0.29, 0.717) is 11.1 Å². The molecule has 67 heavy (non-hydrogen) atoms. The fourth-order valence-corrected chi connectivity index (χ4v) is 11.7. The highest BCUT2D eigenvalue weighted by molar-refractivity contribution is 6.48. The normalized spacial score (nSPS) is 23.4. The zero-order valence-electron chi connectivity index (χ0n) is 35.5. The Hall–Kier alpha value is -6.71. The molecule has 3 aliphatic carbocycles. The fourth-order valence-electron chi connectivity index (χ4n) is 11.1. The van der Waals surface area contributed by atoms with Crippen LogP contribution in [0.2, 0.25) is 15.1 Å². The van der Waals surface area contributed by atoms with Gasteiger partial charge in [-0.1, -0.05) is 193 Å². The number of halogens is 3. The van der Waals surface area contributed by atoms with E-state index in [-0.39, 0.29) is 33.3 Å². The maximum absolute atomic E-state index is 14.5. The van der Waals surface area contributed by atoms with Gasteiger partial charge < -0.3 is 19.7 Å². The molecule has 0 spiro atoms. The van der Waals surface area contributed by atoms with Crippen molar-refractivity contribution >= 4 is 58.7 Å². The van der Waals surface area contributed by atoms with E-state index in [9.17, 15) is 29.4 Å². The molecule has 10 rings (SSSR count). The Morgan fingerprint density at radius 2 is 0.940 bits per heavy atom. The van der Waals surface area contributed by atoms with Crippen molar-refractivity contribution in [2.45, 2.75) is 29.6 Å². The van der Waals surface area contributed by atoms with Gasteiger partial charge in [0.1, 0.15) is 11.6 Å². The largest absolute Gasteiger partial charge is 0.481 e. The van der Waals surface area contributed by atoms with Gasteiger partial charge in [0.25, 0.3) is 0 Å². The van der Waals surface area contributed by atoms with Crippen molar-refractivity contribution in [1.29, 1.82) is 0 Å². The fraction of sp³-hybridized carbons (Fsp3) is 0.179. The van der Waals surface area contributed by atoms with Gasteiger partial charge in [0, 0.05) is 29.6 Å². The number of benzene rings is 7. The average Bonchev–Trinajstić information content (AvgIpc) is 3.65. The zero-order valence-corrected chi connectivity index (χ0v) is 37.8. The lowest BCUT2D eigenvalue weighted by Gasteiger charge is -2.49. The third-order valence-corrected chi connectivity index (χ3v) is 15.3. The minimum Gasteiger partial charge on any atom is -0.481 e.